The highest BCUT2D eigenvalue weighted by molar-refractivity contribution is 5.80. The molecule has 1 amide bonds. The van der Waals surface area contributed by atoms with Crippen LogP contribution in [0.2, 0.25) is 0 Å². The Morgan fingerprint density at radius 1 is 1.32 bits per heavy atom. The van der Waals surface area contributed by atoms with Crippen molar-refractivity contribution in [2.24, 2.45) is 11.8 Å². The highest BCUT2D eigenvalue weighted by Gasteiger charge is 2.51. The van der Waals surface area contributed by atoms with Crippen LogP contribution in [-0.4, -0.2) is 59.5 Å². The number of nitrogens with zero attached hydrogens (tertiary/aromatic N) is 3. The Labute approximate surface area is 150 Å². The van der Waals surface area contributed by atoms with E-state index in [4.69, 9.17) is 4.74 Å². The maximum atomic E-state index is 12.4. The standard InChI is InChI=1S/C20H29N3O2/c1-22-10-8-16(12-25-13-18-7-2-3-9-21-18)11-20(22)14-23(15-20)19(24)17-5-4-6-17/h2-3,7,9,16-17H,4-6,8,10-15H2,1H3. The van der Waals surface area contributed by atoms with E-state index in [2.05, 4.69) is 21.8 Å². The van der Waals surface area contributed by atoms with Crippen molar-refractivity contribution in [3.05, 3.63) is 30.1 Å². The molecule has 136 valence electrons. The molecule has 1 spiro atoms. The fourth-order valence-corrected chi connectivity index (χ4v) is 4.47. The smallest absolute Gasteiger partial charge is 0.225 e. The van der Waals surface area contributed by atoms with E-state index in [1.165, 1.54) is 12.8 Å². The molecule has 2 saturated heterocycles. The first-order valence-corrected chi connectivity index (χ1v) is 9.64. The summed E-state index contributed by atoms with van der Waals surface area (Å²) in [7, 11) is 2.22. The summed E-state index contributed by atoms with van der Waals surface area (Å²) < 4.78 is 5.93. The zero-order chi connectivity index (χ0) is 17.3. The third kappa shape index (κ3) is 3.44. The van der Waals surface area contributed by atoms with Crippen LogP contribution < -0.4 is 0 Å². The molecule has 0 radical (unpaired) electrons. The molecule has 1 aliphatic carbocycles. The van der Waals surface area contributed by atoms with Crippen LogP contribution in [0, 0.1) is 11.8 Å². The van der Waals surface area contributed by atoms with Crippen molar-refractivity contribution < 1.29 is 9.53 Å². The number of aromatic nitrogens is 1. The predicted molar refractivity (Wildman–Crippen MR) is 95.9 cm³/mol. The molecule has 1 atom stereocenters. The van der Waals surface area contributed by atoms with Crippen LogP contribution >= 0.6 is 0 Å². The molecule has 1 saturated carbocycles. The number of rotatable bonds is 5. The zero-order valence-electron chi connectivity index (χ0n) is 15.2. The molecule has 0 aromatic carbocycles. The van der Waals surface area contributed by atoms with Crippen molar-refractivity contribution in [1.82, 2.24) is 14.8 Å². The van der Waals surface area contributed by atoms with E-state index < -0.39 is 0 Å². The second kappa shape index (κ2) is 7.04. The predicted octanol–water partition coefficient (Wildman–Crippen LogP) is 2.32. The number of hydrogen-bond acceptors (Lipinski definition) is 4. The van der Waals surface area contributed by atoms with Gasteiger partial charge in [-0.1, -0.05) is 12.5 Å². The van der Waals surface area contributed by atoms with Gasteiger partial charge in [0.05, 0.1) is 24.4 Å². The number of amides is 1. The van der Waals surface area contributed by atoms with Gasteiger partial charge >= 0.3 is 0 Å². The number of hydrogen-bond donors (Lipinski definition) is 0. The summed E-state index contributed by atoms with van der Waals surface area (Å²) in [5.74, 6) is 1.31. The van der Waals surface area contributed by atoms with Crippen LogP contribution in [0.1, 0.15) is 37.8 Å². The van der Waals surface area contributed by atoms with Crippen LogP contribution in [0.25, 0.3) is 0 Å². The van der Waals surface area contributed by atoms with E-state index in [-0.39, 0.29) is 5.54 Å². The van der Waals surface area contributed by atoms with E-state index in [9.17, 15) is 4.79 Å². The maximum absolute atomic E-state index is 12.4. The first kappa shape index (κ1) is 17.0. The molecule has 0 bridgehead atoms. The molecular weight excluding hydrogens is 314 g/mol. The molecule has 0 N–H and O–H groups in total. The summed E-state index contributed by atoms with van der Waals surface area (Å²) in [5, 5.41) is 0. The van der Waals surface area contributed by atoms with Gasteiger partial charge in [-0.15, -0.1) is 0 Å². The largest absolute Gasteiger partial charge is 0.375 e. The highest BCUT2D eigenvalue weighted by atomic mass is 16.5. The van der Waals surface area contributed by atoms with Gasteiger partial charge in [0.1, 0.15) is 0 Å². The summed E-state index contributed by atoms with van der Waals surface area (Å²) in [6, 6.07) is 5.93. The minimum atomic E-state index is 0.191. The normalized spacial score (nSPS) is 26.3. The Morgan fingerprint density at radius 3 is 2.84 bits per heavy atom. The number of pyridine rings is 1. The molecule has 2 aliphatic heterocycles. The SMILES string of the molecule is CN1CCC(COCc2ccccn2)CC12CN(C(=O)C1CCC1)C2. The molecular formula is C20H29N3O2. The van der Waals surface area contributed by atoms with E-state index in [0.29, 0.717) is 24.3 Å². The average molecular weight is 343 g/mol. The minimum absolute atomic E-state index is 0.191. The van der Waals surface area contributed by atoms with Crippen molar-refractivity contribution in [2.45, 2.75) is 44.2 Å². The fraction of sp³-hybridized carbons (Fsp3) is 0.700. The monoisotopic (exact) mass is 343 g/mol. The fourth-order valence-electron chi connectivity index (χ4n) is 4.47. The van der Waals surface area contributed by atoms with Gasteiger partial charge in [0.25, 0.3) is 0 Å². The number of piperidine rings is 1. The molecule has 1 aromatic rings. The maximum Gasteiger partial charge on any atom is 0.225 e. The van der Waals surface area contributed by atoms with E-state index >= 15 is 0 Å². The van der Waals surface area contributed by atoms with Crippen LogP contribution in [0.5, 0.6) is 0 Å². The van der Waals surface area contributed by atoms with Crippen LogP contribution in [0.4, 0.5) is 0 Å². The Morgan fingerprint density at radius 2 is 2.16 bits per heavy atom. The molecule has 3 aliphatic rings. The number of likely N-dealkylation sites (N-methyl/N-ethyl adjacent to an activating group) is 1. The van der Waals surface area contributed by atoms with Gasteiger partial charge in [0, 0.05) is 25.2 Å². The Bertz CT molecular complexity index is 596. The van der Waals surface area contributed by atoms with E-state index in [0.717, 1.165) is 51.2 Å². The third-order valence-electron chi connectivity index (χ3n) is 6.42. The van der Waals surface area contributed by atoms with Crippen molar-refractivity contribution in [3.63, 3.8) is 0 Å². The van der Waals surface area contributed by atoms with Crippen molar-refractivity contribution >= 4 is 5.91 Å². The number of carbonyl (C=O) groups is 1. The third-order valence-corrected chi connectivity index (χ3v) is 6.42. The highest BCUT2D eigenvalue weighted by Crippen LogP contribution is 2.40. The van der Waals surface area contributed by atoms with Crippen molar-refractivity contribution in [3.8, 4) is 0 Å². The summed E-state index contributed by atoms with van der Waals surface area (Å²) in [4.78, 5) is 21.3. The first-order chi connectivity index (χ1) is 12.2. The van der Waals surface area contributed by atoms with E-state index in [1.807, 2.05) is 24.4 Å². The second-order valence-electron chi connectivity index (χ2n) is 8.16. The minimum Gasteiger partial charge on any atom is -0.375 e. The molecule has 4 rings (SSSR count). The van der Waals surface area contributed by atoms with Gasteiger partial charge in [-0.25, -0.2) is 0 Å². The number of carbonyl (C=O) groups excluding carboxylic acids is 1. The van der Waals surface area contributed by atoms with Crippen LogP contribution in [-0.2, 0) is 16.1 Å². The molecule has 3 fully saturated rings. The molecule has 5 heteroatoms. The lowest BCUT2D eigenvalue weighted by atomic mass is 9.74. The molecule has 3 heterocycles. The summed E-state index contributed by atoms with van der Waals surface area (Å²) in [5.41, 5.74) is 1.18. The topological polar surface area (TPSA) is 45.7 Å². The number of likely N-dealkylation sites (tertiary alicyclic amines) is 2. The van der Waals surface area contributed by atoms with Crippen molar-refractivity contribution in [2.75, 3.05) is 33.3 Å². The lowest BCUT2D eigenvalue weighted by molar-refractivity contribution is -0.158. The molecule has 5 nitrogen and oxygen atoms in total. The van der Waals surface area contributed by atoms with Crippen LogP contribution in [0.15, 0.2) is 24.4 Å². The lowest BCUT2D eigenvalue weighted by Crippen LogP contribution is -2.73. The average Bonchev–Trinajstić information content (AvgIpc) is 2.53. The number of ether oxygens (including phenoxy) is 1. The summed E-state index contributed by atoms with van der Waals surface area (Å²) in [6.45, 7) is 4.31. The van der Waals surface area contributed by atoms with Gasteiger partial charge in [-0.2, -0.15) is 0 Å². The van der Waals surface area contributed by atoms with E-state index in [1.54, 1.807) is 0 Å². The van der Waals surface area contributed by atoms with Gasteiger partial charge < -0.3 is 9.64 Å². The zero-order valence-corrected chi connectivity index (χ0v) is 15.2. The molecule has 1 unspecified atom stereocenters. The second-order valence-corrected chi connectivity index (χ2v) is 8.16. The quantitative estimate of drug-likeness (QED) is 0.823. The molecule has 25 heavy (non-hydrogen) atoms. The van der Waals surface area contributed by atoms with Crippen molar-refractivity contribution in [1.29, 1.82) is 0 Å². The van der Waals surface area contributed by atoms with Gasteiger partial charge in [0.2, 0.25) is 5.91 Å². The van der Waals surface area contributed by atoms with Gasteiger partial charge in [-0.3, -0.25) is 14.7 Å². The lowest BCUT2D eigenvalue weighted by Gasteiger charge is -2.59. The summed E-state index contributed by atoms with van der Waals surface area (Å²) >= 11 is 0. The Kier molecular flexibility index (Phi) is 4.78. The van der Waals surface area contributed by atoms with Gasteiger partial charge in [-0.05, 0) is 57.3 Å². The molecule has 1 aromatic heterocycles. The Balaban J connectivity index is 1.26. The van der Waals surface area contributed by atoms with Gasteiger partial charge in [0.15, 0.2) is 0 Å². The van der Waals surface area contributed by atoms with Crippen LogP contribution in [0.3, 0.4) is 0 Å². The Hall–Kier alpha value is -1.46. The first-order valence-electron chi connectivity index (χ1n) is 9.64. The summed E-state index contributed by atoms with van der Waals surface area (Å²) in [6.07, 6.45) is 7.55.